The minimum Gasteiger partial charge on any atom is -0.455 e. The Balaban J connectivity index is 1.57. The Morgan fingerprint density at radius 3 is 2.69 bits per heavy atom. The number of nitrogens with one attached hydrogen (secondary N) is 1. The van der Waals surface area contributed by atoms with E-state index >= 15 is 0 Å². The Hall–Kier alpha value is -3.15. The van der Waals surface area contributed by atoms with Crippen molar-refractivity contribution in [3.05, 3.63) is 59.2 Å². The number of rotatable bonds is 6. The van der Waals surface area contributed by atoms with Gasteiger partial charge in [0.05, 0.1) is 5.92 Å². The first-order valence-corrected chi connectivity index (χ1v) is 9.81. The number of para-hydroxylation sites is 1. The van der Waals surface area contributed by atoms with Crippen LogP contribution in [0.5, 0.6) is 0 Å². The quantitative estimate of drug-likeness (QED) is 0.762. The molecule has 2 aromatic rings. The molecule has 1 fully saturated rings. The maximum absolute atomic E-state index is 12.4. The number of ether oxygens (including phenoxy) is 1. The number of hydrogen-bond donors (Lipinski definition) is 1. The van der Waals surface area contributed by atoms with Gasteiger partial charge >= 0.3 is 5.97 Å². The lowest BCUT2D eigenvalue weighted by Gasteiger charge is -2.19. The zero-order valence-electron chi connectivity index (χ0n) is 17.0. The zero-order chi connectivity index (χ0) is 21.0. The van der Waals surface area contributed by atoms with Gasteiger partial charge in [-0.2, -0.15) is 0 Å². The van der Waals surface area contributed by atoms with Crippen LogP contribution in [0.1, 0.15) is 30.0 Å². The highest BCUT2D eigenvalue weighted by atomic mass is 16.5. The molecule has 2 amide bonds. The summed E-state index contributed by atoms with van der Waals surface area (Å²) in [7, 11) is 0. The predicted octanol–water partition coefficient (Wildman–Crippen LogP) is 3.40. The third-order valence-corrected chi connectivity index (χ3v) is 5.13. The summed E-state index contributed by atoms with van der Waals surface area (Å²) in [6.07, 6.45) is 0.892. The van der Waals surface area contributed by atoms with Crippen molar-refractivity contribution in [2.24, 2.45) is 5.92 Å². The molecule has 1 atom stereocenters. The molecule has 1 aliphatic heterocycles. The van der Waals surface area contributed by atoms with Crippen molar-refractivity contribution < 1.29 is 19.1 Å². The van der Waals surface area contributed by atoms with Gasteiger partial charge in [0.2, 0.25) is 5.91 Å². The van der Waals surface area contributed by atoms with E-state index in [1.807, 2.05) is 63.2 Å². The molecule has 6 nitrogen and oxygen atoms in total. The lowest BCUT2D eigenvalue weighted by Crippen LogP contribution is -2.28. The number of esters is 1. The molecule has 0 bridgehead atoms. The van der Waals surface area contributed by atoms with Crippen LogP contribution in [0, 0.1) is 19.8 Å². The first-order valence-electron chi connectivity index (χ1n) is 9.81. The molecule has 1 saturated heterocycles. The highest BCUT2D eigenvalue weighted by Crippen LogP contribution is 2.29. The van der Waals surface area contributed by atoms with Crippen LogP contribution < -0.4 is 10.2 Å². The normalized spacial score (nSPS) is 16.0. The SMILES string of the molecule is CCc1ccccc1N1C[C@H](C(=O)OCC(=O)Nc2cc(C)ccc2C)CC1=O. The number of aryl methyl sites for hydroxylation is 3. The van der Waals surface area contributed by atoms with Crippen molar-refractivity contribution in [2.75, 3.05) is 23.4 Å². The van der Waals surface area contributed by atoms with Gasteiger partial charge in [-0.25, -0.2) is 0 Å². The number of amides is 2. The maximum Gasteiger partial charge on any atom is 0.311 e. The molecule has 6 heteroatoms. The second kappa shape index (κ2) is 8.90. The van der Waals surface area contributed by atoms with E-state index in [1.165, 1.54) is 0 Å². The molecular formula is C23H26N2O4. The largest absolute Gasteiger partial charge is 0.455 e. The Bertz CT molecular complexity index is 938. The van der Waals surface area contributed by atoms with E-state index in [4.69, 9.17) is 4.74 Å². The third kappa shape index (κ3) is 4.83. The van der Waals surface area contributed by atoms with Gasteiger partial charge in [-0.1, -0.05) is 37.3 Å². The van der Waals surface area contributed by atoms with Gasteiger partial charge < -0.3 is 15.0 Å². The van der Waals surface area contributed by atoms with Crippen molar-refractivity contribution in [1.29, 1.82) is 0 Å². The average Bonchev–Trinajstić information content (AvgIpc) is 3.10. The molecule has 1 aliphatic rings. The first kappa shape index (κ1) is 20.6. The van der Waals surface area contributed by atoms with E-state index in [1.54, 1.807) is 4.90 Å². The smallest absolute Gasteiger partial charge is 0.311 e. The molecule has 1 heterocycles. The molecule has 0 aliphatic carbocycles. The molecule has 3 rings (SSSR count). The molecule has 1 N–H and O–H groups in total. The van der Waals surface area contributed by atoms with Gasteiger partial charge in [0, 0.05) is 24.3 Å². The summed E-state index contributed by atoms with van der Waals surface area (Å²) in [6.45, 7) is 5.76. The van der Waals surface area contributed by atoms with E-state index in [-0.39, 0.29) is 25.5 Å². The molecule has 0 spiro atoms. The van der Waals surface area contributed by atoms with E-state index in [9.17, 15) is 14.4 Å². The molecule has 0 aromatic heterocycles. The summed E-state index contributed by atoms with van der Waals surface area (Å²) in [6, 6.07) is 13.4. The fourth-order valence-electron chi connectivity index (χ4n) is 3.48. The average molecular weight is 394 g/mol. The van der Waals surface area contributed by atoms with Crippen LogP contribution in [0.15, 0.2) is 42.5 Å². The molecule has 152 valence electrons. The Morgan fingerprint density at radius 1 is 1.17 bits per heavy atom. The molecular weight excluding hydrogens is 368 g/mol. The van der Waals surface area contributed by atoms with E-state index in [0.29, 0.717) is 5.69 Å². The number of benzene rings is 2. The monoisotopic (exact) mass is 394 g/mol. The standard InChI is InChI=1S/C23H26N2O4/c1-4-17-7-5-6-8-20(17)25-13-18(12-22(25)27)23(28)29-14-21(26)24-19-11-15(2)9-10-16(19)3/h5-11,18H,4,12-14H2,1-3H3,(H,24,26)/t18-/m1/s1. The zero-order valence-corrected chi connectivity index (χ0v) is 17.0. The lowest BCUT2D eigenvalue weighted by atomic mass is 10.1. The molecule has 0 radical (unpaired) electrons. The number of anilines is 2. The van der Waals surface area contributed by atoms with Crippen molar-refractivity contribution in [3.8, 4) is 0 Å². The molecule has 2 aromatic carbocycles. The number of carbonyl (C=O) groups is 3. The Kier molecular flexibility index (Phi) is 6.32. The van der Waals surface area contributed by atoms with Gasteiger partial charge in [-0.05, 0) is 49.1 Å². The molecule has 0 saturated carbocycles. The number of nitrogens with zero attached hydrogens (tertiary/aromatic N) is 1. The van der Waals surface area contributed by atoms with Crippen LogP contribution in [-0.4, -0.2) is 30.9 Å². The molecule has 29 heavy (non-hydrogen) atoms. The summed E-state index contributed by atoms with van der Waals surface area (Å²) in [5.41, 5.74) is 4.55. The van der Waals surface area contributed by atoms with E-state index < -0.39 is 17.8 Å². The topological polar surface area (TPSA) is 75.7 Å². The van der Waals surface area contributed by atoms with Crippen LogP contribution in [0.25, 0.3) is 0 Å². The van der Waals surface area contributed by atoms with Crippen molar-refractivity contribution >= 4 is 29.2 Å². The highest BCUT2D eigenvalue weighted by molar-refractivity contribution is 6.00. The Morgan fingerprint density at radius 2 is 1.93 bits per heavy atom. The van der Waals surface area contributed by atoms with E-state index in [2.05, 4.69) is 5.32 Å². The van der Waals surface area contributed by atoms with Crippen LogP contribution in [0.4, 0.5) is 11.4 Å². The van der Waals surface area contributed by atoms with E-state index in [0.717, 1.165) is 28.8 Å². The Labute approximate surface area is 170 Å². The lowest BCUT2D eigenvalue weighted by molar-refractivity contribution is -0.151. The van der Waals surface area contributed by atoms with Crippen molar-refractivity contribution in [3.63, 3.8) is 0 Å². The van der Waals surface area contributed by atoms with Crippen LogP contribution in [0.3, 0.4) is 0 Å². The van der Waals surface area contributed by atoms with Gasteiger partial charge in [0.25, 0.3) is 5.91 Å². The van der Waals surface area contributed by atoms with Crippen molar-refractivity contribution in [2.45, 2.75) is 33.6 Å². The highest BCUT2D eigenvalue weighted by Gasteiger charge is 2.37. The summed E-state index contributed by atoms with van der Waals surface area (Å²) < 4.78 is 5.19. The summed E-state index contributed by atoms with van der Waals surface area (Å²) >= 11 is 0. The van der Waals surface area contributed by atoms with Crippen LogP contribution >= 0.6 is 0 Å². The minimum absolute atomic E-state index is 0.0927. The first-order chi connectivity index (χ1) is 13.9. The third-order valence-electron chi connectivity index (χ3n) is 5.13. The fourth-order valence-corrected chi connectivity index (χ4v) is 3.48. The predicted molar refractivity (Wildman–Crippen MR) is 112 cm³/mol. The van der Waals surface area contributed by atoms with Crippen LogP contribution in [0.2, 0.25) is 0 Å². The van der Waals surface area contributed by atoms with Crippen molar-refractivity contribution in [1.82, 2.24) is 0 Å². The maximum atomic E-state index is 12.4. The van der Waals surface area contributed by atoms with Gasteiger partial charge in [-0.15, -0.1) is 0 Å². The second-order valence-corrected chi connectivity index (χ2v) is 7.36. The summed E-state index contributed by atoms with van der Waals surface area (Å²) in [5.74, 6) is -1.59. The van der Waals surface area contributed by atoms with Gasteiger partial charge in [0.15, 0.2) is 6.61 Å². The fraction of sp³-hybridized carbons (Fsp3) is 0.348. The molecule has 0 unspecified atom stereocenters. The summed E-state index contributed by atoms with van der Waals surface area (Å²) in [4.78, 5) is 38.7. The number of hydrogen-bond acceptors (Lipinski definition) is 4. The van der Waals surface area contributed by atoms with Gasteiger partial charge in [0.1, 0.15) is 0 Å². The minimum atomic E-state index is -0.569. The second-order valence-electron chi connectivity index (χ2n) is 7.36. The van der Waals surface area contributed by atoms with Crippen LogP contribution in [-0.2, 0) is 25.5 Å². The number of carbonyl (C=O) groups excluding carboxylic acids is 3. The van der Waals surface area contributed by atoms with Gasteiger partial charge in [-0.3, -0.25) is 14.4 Å². The summed E-state index contributed by atoms with van der Waals surface area (Å²) in [5, 5.41) is 2.76.